The van der Waals surface area contributed by atoms with Gasteiger partial charge in [-0.3, -0.25) is 4.90 Å². The highest BCUT2D eigenvalue weighted by molar-refractivity contribution is 7.18. The predicted molar refractivity (Wildman–Crippen MR) is 130 cm³/mol. The van der Waals surface area contributed by atoms with Gasteiger partial charge >= 0.3 is 0 Å². The van der Waals surface area contributed by atoms with E-state index in [1.165, 1.54) is 17.5 Å². The first-order chi connectivity index (χ1) is 15.7. The Bertz CT molecular complexity index is 1110. The van der Waals surface area contributed by atoms with Gasteiger partial charge in [0.15, 0.2) is 5.84 Å². The van der Waals surface area contributed by atoms with Crippen LogP contribution in [0.3, 0.4) is 0 Å². The maximum Gasteiger partial charge on any atom is 0.157 e. The van der Waals surface area contributed by atoms with Crippen LogP contribution < -0.4 is 15.4 Å². The maximum atomic E-state index is 7.04. The molecule has 1 aromatic heterocycles. The van der Waals surface area contributed by atoms with Crippen LogP contribution >= 0.6 is 11.3 Å². The first-order valence-corrected chi connectivity index (χ1v) is 11.8. The zero-order valence-electron chi connectivity index (χ0n) is 17.9. The summed E-state index contributed by atoms with van der Waals surface area (Å²) in [6.07, 6.45) is 2.51. The first kappa shape index (κ1) is 20.8. The number of nitrogens with two attached hydrogens (primary N) is 1. The standard InChI is InChI=1S/C23H27N7OS.H2/c24-23(27-28-25)18-8-7-17(31-15-16-5-6-16)13-20(18)30-11-9-29(10-12-30)14-22-26-19-3-1-2-4-21(19)32-22;/h1-4,7-8,13,16H,5-6,9-12,14-15H2,(H3,24,25,27);1H. The van der Waals surface area contributed by atoms with E-state index < -0.39 is 0 Å². The molecule has 8 nitrogen and oxygen atoms in total. The van der Waals surface area contributed by atoms with Crippen LogP contribution in [0.4, 0.5) is 5.69 Å². The summed E-state index contributed by atoms with van der Waals surface area (Å²) in [5.41, 5.74) is 16.0. The van der Waals surface area contributed by atoms with Crippen molar-refractivity contribution in [2.75, 3.05) is 37.7 Å². The van der Waals surface area contributed by atoms with E-state index >= 15 is 0 Å². The molecule has 0 spiro atoms. The third kappa shape index (κ3) is 4.73. The van der Waals surface area contributed by atoms with E-state index in [0.717, 1.165) is 66.9 Å². The smallest absolute Gasteiger partial charge is 0.157 e. The fourth-order valence-corrected chi connectivity index (χ4v) is 5.02. The van der Waals surface area contributed by atoms with Crippen molar-refractivity contribution >= 4 is 33.1 Å². The summed E-state index contributed by atoms with van der Waals surface area (Å²) in [6.45, 7) is 5.24. The number of amidine groups is 1. The fourth-order valence-electron chi connectivity index (χ4n) is 4.01. The van der Waals surface area contributed by atoms with Gasteiger partial charge in [-0.15, -0.1) is 16.4 Å². The minimum atomic E-state index is 0. The molecular weight excluding hydrogens is 422 g/mol. The number of aromatic nitrogens is 1. The minimum absolute atomic E-state index is 0. The number of rotatable bonds is 8. The molecule has 0 radical (unpaired) electrons. The minimum Gasteiger partial charge on any atom is -0.493 e. The number of hydrogen-bond donors (Lipinski definition) is 2. The number of ether oxygens (including phenoxy) is 1. The van der Waals surface area contributed by atoms with Gasteiger partial charge in [0, 0.05) is 39.2 Å². The summed E-state index contributed by atoms with van der Waals surface area (Å²) in [5.74, 6) is 1.79. The summed E-state index contributed by atoms with van der Waals surface area (Å²) in [4.78, 5) is 9.54. The number of anilines is 1. The monoisotopic (exact) mass is 451 g/mol. The van der Waals surface area contributed by atoms with Gasteiger partial charge in [-0.05, 0) is 43.0 Å². The third-order valence-electron chi connectivity index (χ3n) is 6.00. The number of hydrogen-bond acceptors (Lipinski definition) is 7. The average molecular weight is 452 g/mol. The summed E-state index contributed by atoms with van der Waals surface area (Å²) in [5, 5.41) is 8.03. The Balaban J connectivity index is 0.00000259. The molecular formula is C23H29N7OS. The quantitative estimate of drug-likeness (QED) is 0.230. The zero-order valence-corrected chi connectivity index (χ0v) is 18.7. The third-order valence-corrected chi connectivity index (χ3v) is 7.02. The molecule has 2 fully saturated rings. The van der Waals surface area contributed by atoms with Crippen molar-refractivity contribution in [3.8, 4) is 5.75 Å². The molecule has 32 heavy (non-hydrogen) atoms. The average Bonchev–Trinajstić information content (AvgIpc) is 3.56. The van der Waals surface area contributed by atoms with E-state index in [1.807, 2.05) is 24.3 Å². The van der Waals surface area contributed by atoms with Crippen LogP contribution in [0.1, 0.15) is 24.8 Å². The van der Waals surface area contributed by atoms with E-state index in [1.54, 1.807) is 11.3 Å². The van der Waals surface area contributed by atoms with Crippen molar-refractivity contribution in [1.82, 2.24) is 9.88 Å². The molecule has 1 saturated heterocycles. The molecule has 168 valence electrons. The molecule has 0 atom stereocenters. The lowest BCUT2D eigenvalue weighted by molar-refractivity contribution is 0.249. The summed E-state index contributed by atoms with van der Waals surface area (Å²) in [6, 6.07) is 14.2. The fraction of sp³-hybridized carbons (Fsp3) is 0.391. The molecule has 3 aromatic rings. The molecule has 1 saturated carbocycles. The van der Waals surface area contributed by atoms with Gasteiger partial charge in [-0.1, -0.05) is 17.4 Å². The SMILES string of the molecule is N=N/N=C(\N)c1ccc(OCC2CC2)cc1N1CCN(Cc2nc3ccccc3s2)CC1.[HH]. The largest absolute Gasteiger partial charge is 0.493 e. The van der Waals surface area contributed by atoms with Crippen LogP contribution in [-0.4, -0.2) is 48.5 Å². The Morgan fingerprint density at radius 3 is 2.75 bits per heavy atom. The molecule has 0 bridgehead atoms. The number of piperazine rings is 1. The Morgan fingerprint density at radius 1 is 1.19 bits per heavy atom. The Hall–Kier alpha value is -3.04. The zero-order chi connectivity index (χ0) is 21.9. The second-order valence-electron chi connectivity index (χ2n) is 8.36. The van der Waals surface area contributed by atoms with Crippen molar-refractivity contribution in [3.05, 3.63) is 53.0 Å². The molecule has 5 rings (SSSR count). The highest BCUT2D eigenvalue weighted by Crippen LogP contribution is 2.32. The highest BCUT2D eigenvalue weighted by Gasteiger charge is 2.24. The lowest BCUT2D eigenvalue weighted by Crippen LogP contribution is -2.46. The number of nitrogens with one attached hydrogen (secondary N) is 1. The van der Waals surface area contributed by atoms with Crippen LogP contribution in [-0.2, 0) is 6.54 Å². The van der Waals surface area contributed by atoms with Crippen molar-refractivity contribution in [2.45, 2.75) is 19.4 Å². The van der Waals surface area contributed by atoms with Gasteiger partial charge in [0.25, 0.3) is 0 Å². The van der Waals surface area contributed by atoms with E-state index in [9.17, 15) is 0 Å². The number of benzene rings is 2. The summed E-state index contributed by atoms with van der Waals surface area (Å²) < 4.78 is 7.24. The molecule has 9 heteroatoms. The highest BCUT2D eigenvalue weighted by atomic mass is 32.1. The van der Waals surface area contributed by atoms with Crippen LogP contribution in [0.15, 0.2) is 52.8 Å². The van der Waals surface area contributed by atoms with Crippen LogP contribution in [0.25, 0.3) is 10.2 Å². The van der Waals surface area contributed by atoms with E-state index in [4.69, 9.17) is 21.0 Å². The molecule has 0 amide bonds. The Kier molecular flexibility index (Phi) is 6.00. The summed E-state index contributed by atoms with van der Waals surface area (Å²) in [7, 11) is 0. The summed E-state index contributed by atoms with van der Waals surface area (Å²) >= 11 is 1.77. The van der Waals surface area contributed by atoms with Crippen molar-refractivity contribution < 1.29 is 6.16 Å². The van der Waals surface area contributed by atoms with Gasteiger partial charge in [-0.2, -0.15) is 5.53 Å². The molecule has 2 aliphatic rings. The van der Waals surface area contributed by atoms with Crippen LogP contribution in [0.5, 0.6) is 5.75 Å². The molecule has 3 N–H and O–H groups in total. The van der Waals surface area contributed by atoms with Crippen molar-refractivity contribution in [1.29, 1.82) is 5.53 Å². The van der Waals surface area contributed by atoms with Crippen molar-refractivity contribution in [3.63, 3.8) is 0 Å². The van der Waals surface area contributed by atoms with Crippen LogP contribution in [0, 0.1) is 11.4 Å². The second-order valence-corrected chi connectivity index (χ2v) is 9.47. The van der Waals surface area contributed by atoms with Gasteiger partial charge in [-0.25, -0.2) is 4.98 Å². The van der Waals surface area contributed by atoms with E-state index in [-0.39, 0.29) is 7.26 Å². The maximum absolute atomic E-state index is 7.04. The normalized spacial score (nSPS) is 17.6. The topological polar surface area (TPSA) is 103 Å². The van der Waals surface area contributed by atoms with Crippen molar-refractivity contribution in [2.24, 2.45) is 22.0 Å². The van der Waals surface area contributed by atoms with Crippen LogP contribution in [0.2, 0.25) is 0 Å². The number of thiazole rings is 1. The number of para-hydroxylation sites is 1. The Labute approximate surface area is 192 Å². The van der Waals surface area contributed by atoms with Gasteiger partial charge in [0.2, 0.25) is 0 Å². The van der Waals surface area contributed by atoms with E-state index in [0.29, 0.717) is 5.92 Å². The molecule has 1 aliphatic carbocycles. The molecule has 1 aliphatic heterocycles. The van der Waals surface area contributed by atoms with Gasteiger partial charge in [0.05, 0.1) is 29.1 Å². The van der Waals surface area contributed by atoms with E-state index in [2.05, 4.69) is 38.3 Å². The lowest BCUT2D eigenvalue weighted by Gasteiger charge is -2.36. The molecule has 2 heterocycles. The molecule has 2 aromatic carbocycles. The van der Waals surface area contributed by atoms with Gasteiger partial charge < -0.3 is 15.4 Å². The number of fused-ring (bicyclic) bond motifs is 1. The first-order valence-electron chi connectivity index (χ1n) is 11.0. The number of nitrogens with zero attached hydrogens (tertiary/aromatic N) is 5. The second kappa shape index (κ2) is 9.22. The van der Waals surface area contributed by atoms with Gasteiger partial charge in [0.1, 0.15) is 10.8 Å². The Morgan fingerprint density at radius 2 is 2.00 bits per heavy atom. The molecule has 0 unspecified atom stereocenters. The predicted octanol–water partition coefficient (Wildman–Crippen LogP) is 4.30. The lowest BCUT2D eigenvalue weighted by atomic mass is 10.1.